The first-order valence-electron chi connectivity index (χ1n) is 5.83. The van der Waals surface area contributed by atoms with Crippen LogP contribution in [0.4, 0.5) is 4.39 Å². The molecule has 0 bridgehead atoms. The zero-order valence-electron chi connectivity index (χ0n) is 10.4. The maximum absolute atomic E-state index is 13.6. The molecule has 3 nitrogen and oxygen atoms in total. The minimum atomic E-state index is -0.562. The lowest BCUT2D eigenvalue weighted by Crippen LogP contribution is -2.39. The first-order valence-corrected chi connectivity index (χ1v) is 6.62. The van der Waals surface area contributed by atoms with Crippen molar-refractivity contribution in [1.29, 1.82) is 0 Å². The van der Waals surface area contributed by atoms with Crippen LogP contribution in [0.2, 0.25) is 0 Å². The molecule has 0 aliphatic rings. The summed E-state index contributed by atoms with van der Waals surface area (Å²) in [4.78, 5) is 12.0. The maximum atomic E-state index is 13.6. The van der Waals surface area contributed by atoms with Crippen molar-refractivity contribution < 1.29 is 14.3 Å². The smallest absolute Gasteiger partial charge is 0.255 e. The topological polar surface area (TPSA) is 49.3 Å². The normalized spacial score (nSPS) is 12.6. The van der Waals surface area contributed by atoms with Gasteiger partial charge < -0.3 is 10.4 Å². The van der Waals surface area contributed by atoms with Crippen LogP contribution in [0.5, 0.6) is 0 Å². The second-order valence-electron chi connectivity index (χ2n) is 4.43. The Morgan fingerprint density at radius 3 is 2.67 bits per heavy atom. The molecule has 1 aromatic carbocycles. The average Bonchev–Trinajstić information content (AvgIpc) is 2.28. The summed E-state index contributed by atoms with van der Waals surface area (Å²) >= 11 is 3.16. The zero-order valence-corrected chi connectivity index (χ0v) is 12.0. The van der Waals surface area contributed by atoms with Crippen LogP contribution in [0.3, 0.4) is 0 Å². The van der Waals surface area contributed by atoms with Crippen LogP contribution in [0.25, 0.3) is 0 Å². The molecule has 0 saturated heterocycles. The van der Waals surface area contributed by atoms with Crippen LogP contribution >= 0.6 is 15.9 Å². The van der Waals surface area contributed by atoms with Crippen molar-refractivity contribution in [2.24, 2.45) is 5.92 Å². The van der Waals surface area contributed by atoms with Gasteiger partial charge in [-0.25, -0.2) is 4.39 Å². The Kier molecular flexibility index (Phi) is 5.75. The predicted octanol–water partition coefficient (Wildman–Crippen LogP) is 2.73. The van der Waals surface area contributed by atoms with E-state index in [0.717, 1.165) is 0 Å². The summed E-state index contributed by atoms with van der Waals surface area (Å²) in [6.45, 7) is 3.87. The third-order valence-electron chi connectivity index (χ3n) is 2.75. The Hall–Kier alpha value is -0.940. The highest BCUT2D eigenvalue weighted by molar-refractivity contribution is 9.10. The molecule has 5 heteroatoms. The number of aliphatic hydroxyl groups is 1. The van der Waals surface area contributed by atoms with E-state index in [1.807, 2.05) is 13.8 Å². The highest BCUT2D eigenvalue weighted by Gasteiger charge is 2.20. The summed E-state index contributed by atoms with van der Waals surface area (Å²) < 4.78 is 14.0. The minimum absolute atomic E-state index is 0.00101. The molecule has 0 aliphatic carbocycles. The van der Waals surface area contributed by atoms with E-state index in [-0.39, 0.29) is 24.1 Å². The first kappa shape index (κ1) is 15.1. The lowest BCUT2D eigenvalue weighted by atomic mass is 10.0. The van der Waals surface area contributed by atoms with Gasteiger partial charge in [-0.15, -0.1) is 0 Å². The SMILES string of the molecule is CC(C)C(CCO)NC(=O)c1c(F)cccc1Br. The zero-order chi connectivity index (χ0) is 13.7. The van der Waals surface area contributed by atoms with E-state index in [2.05, 4.69) is 21.2 Å². The third-order valence-corrected chi connectivity index (χ3v) is 3.41. The van der Waals surface area contributed by atoms with Gasteiger partial charge in [-0.2, -0.15) is 0 Å². The summed E-state index contributed by atoms with van der Waals surface area (Å²) in [6.07, 6.45) is 0.454. The van der Waals surface area contributed by atoms with Gasteiger partial charge in [0.15, 0.2) is 0 Å². The Morgan fingerprint density at radius 1 is 1.50 bits per heavy atom. The molecule has 1 aromatic rings. The van der Waals surface area contributed by atoms with Crippen LogP contribution in [0, 0.1) is 11.7 Å². The van der Waals surface area contributed by atoms with Crippen molar-refractivity contribution in [1.82, 2.24) is 5.32 Å². The Bertz CT molecular complexity index is 403. The highest BCUT2D eigenvalue weighted by Crippen LogP contribution is 2.20. The van der Waals surface area contributed by atoms with Crippen molar-refractivity contribution >= 4 is 21.8 Å². The molecule has 1 atom stereocenters. The number of hydrogen-bond donors (Lipinski definition) is 2. The molecule has 18 heavy (non-hydrogen) atoms. The van der Waals surface area contributed by atoms with Crippen molar-refractivity contribution in [3.63, 3.8) is 0 Å². The monoisotopic (exact) mass is 317 g/mol. The largest absolute Gasteiger partial charge is 0.396 e. The van der Waals surface area contributed by atoms with Gasteiger partial charge in [0.2, 0.25) is 0 Å². The number of aliphatic hydroxyl groups excluding tert-OH is 1. The van der Waals surface area contributed by atoms with Gasteiger partial charge in [-0.3, -0.25) is 4.79 Å². The van der Waals surface area contributed by atoms with Gasteiger partial charge in [0.25, 0.3) is 5.91 Å². The summed E-state index contributed by atoms with van der Waals surface area (Å²) in [5.74, 6) is -0.854. The Balaban J connectivity index is 2.87. The maximum Gasteiger partial charge on any atom is 0.255 e. The van der Waals surface area contributed by atoms with Crippen LogP contribution in [-0.4, -0.2) is 23.7 Å². The molecule has 1 unspecified atom stereocenters. The van der Waals surface area contributed by atoms with Crippen LogP contribution in [0.15, 0.2) is 22.7 Å². The van der Waals surface area contributed by atoms with Gasteiger partial charge in [0.05, 0.1) is 5.56 Å². The molecule has 0 spiro atoms. The molecular formula is C13H17BrFNO2. The minimum Gasteiger partial charge on any atom is -0.396 e. The van der Waals surface area contributed by atoms with Gasteiger partial charge in [-0.1, -0.05) is 19.9 Å². The van der Waals surface area contributed by atoms with E-state index in [0.29, 0.717) is 10.9 Å². The second kappa shape index (κ2) is 6.85. The summed E-state index contributed by atoms with van der Waals surface area (Å²) in [5, 5.41) is 11.7. The van der Waals surface area contributed by atoms with Crippen molar-refractivity contribution in [2.75, 3.05) is 6.61 Å². The highest BCUT2D eigenvalue weighted by atomic mass is 79.9. The van der Waals surface area contributed by atoms with E-state index >= 15 is 0 Å². The third kappa shape index (κ3) is 3.78. The van der Waals surface area contributed by atoms with E-state index in [4.69, 9.17) is 5.11 Å². The molecule has 0 saturated carbocycles. The fraction of sp³-hybridized carbons (Fsp3) is 0.462. The molecule has 0 aliphatic heterocycles. The van der Waals surface area contributed by atoms with Crippen LogP contribution in [-0.2, 0) is 0 Å². The first-order chi connectivity index (χ1) is 8.47. The number of carbonyl (C=O) groups is 1. The van der Waals surface area contributed by atoms with Gasteiger partial charge in [0, 0.05) is 17.1 Å². The summed E-state index contributed by atoms with van der Waals surface area (Å²) in [7, 11) is 0. The quantitative estimate of drug-likeness (QED) is 0.877. The van der Waals surface area contributed by atoms with E-state index < -0.39 is 11.7 Å². The van der Waals surface area contributed by atoms with Crippen molar-refractivity contribution in [2.45, 2.75) is 26.3 Å². The number of amides is 1. The average molecular weight is 318 g/mol. The molecule has 2 N–H and O–H groups in total. The van der Waals surface area contributed by atoms with Crippen LogP contribution in [0.1, 0.15) is 30.6 Å². The van der Waals surface area contributed by atoms with Gasteiger partial charge in [0.1, 0.15) is 5.82 Å². The molecule has 0 aromatic heterocycles. The van der Waals surface area contributed by atoms with E-state index in [1.165, 1.54) is 12.1 Å². The van der Waals surface area contributed by atoms with E-state index in [1.54, 1.807) is 6.07 Å². The number of nitrogens with one attached hydrogen (secondary N) is 1. The summed E-state index contributed by atoms with van der Waals surface area (Å²) in [6, 6.07) is 4.22. The lowest BCUT2D eigenvalue weighted by Gasteiger charge is -2.22. The van der Waals surface area contributed by atoms with Crippen molar-refractivity contribution in [3.05, 3.63) is 34.1 Å². The molecule has 100 valence electrons. The molecule has 1 amide bonds. The van der Waals surface area contributed by atoms with Gasteiger partial charge in [-0.05, 0) is 40.4 Å². The fourth-order valence-corrected chi connectivity index (χ4v) is 2.19. The van der Waals surface area contributed by atoms with Crippen LogP contribution < -0.4 is 5.32 Å². The molecule has 0 radical (unpaired) electrons. The van der Waals surface area contributed by atoms with Crippen molar-refractivity contribution in [3.8, 4) is 0 Å². The number of carbonyl (C=O) groups excluding carboxylic acids is 1. The Morgan fingerprint density at radius 2 is 2.17 bits per heavy atom. The second-order valence-corrected chi connectivity index (χ2v) is 5.29. The molecule has 0 heterocycles. The number of benzene rings is 1. The predicted molar refractivity (Wildman–Crippen MR) is 71.9 cm³/mol. The number of halogens is 2. The molecular weight excluding hydrogens is 301 g/mol. The number of rotatable bonds is 5. The van der Waals surface area contributed by atoms with Gasteiger partial charge >= 0.3 is 0 Å². The Labute approximate surface area is 115 Å². The molecule has 1 rings (SSSR count). The van der Waals surface area contributed by atoms with E-state index in [9.17, 15) is 9.18 Å². The number of hydrogen-bond acceptors (Lipinski definition) is 2. The fourth-order valence-electron chi connectivity index (χ4n) is 1.67. The molecule has 0 fully saturated rings. The summed E-state index contributed by atoms with van der Waals surface area (Å²) in [5.41, 5.74) is 0.00101. The lowest BCUT2D eigenvalue weighted by molar-refractivity contribution is 0.0911. The standard InChI is InChI=1S/C13H17BrFNO2/c1-8(2)11(6-7-17)16-13(18)12-9(14)4-3-5-10(12)15/h3-5,8,11,17H,6-7H2,1-2H3,(H,16,18).